The third-order valence-corrected chi connectivity index (χ3v) is 1.57. The molecule has 2 rings (SSSR count). The summed E-state index contributed by atoms with van der Waals surface area (Å²) in [6, 6.07) is 24.0. The van der Waals surface area contributed by atoms with Crippen molar-refractivity contribution in [1.29, 1.82) is 0 Å². The van der Waals surface area contributed by atoms with E-state index in [-0.39, 0.29) is 0 Å². The number of sulfone groups is 1. The smallest absolute Gasteiger partial charge is 0.145 e. The number of ether oxygens (including phenoxy) is 2. The predicted octanol–water partition coefficient (Wildman–Crippen LogP) is 4.30. The van der Waals surface area contributed by atoms with Gasteiger partial charge in [-0.2, -0.15) is 0 Å². The molecule has 2 aromatic carbocycles. The number of hydrogen-bond acceptors (Lipinski definition) is 4. The summed E-state index contributed by atoms with van der Waals surface area (Å²) in [6.07, 6.45) is 2.32. The molecule has 0 heterocycles. The molecule has 0 radical (unpaired) electrons. The molecular formula is C19H32O4S. The van der Waals surface area contributed by atoms with Crippen molar-refractivity contribution >= 4 is 9.84 Å². The lowest BCUT2D eigenvalue weighted by Crippen LogP contribution is -1.87. The zero-order valence-electron chi connectivity index (χ0n) is 15.7. The maximum atomic E-state index is 9.63. The van der Waals surface area contributed by atoms with Crippen LogP contribution in [-0.2, 0) is 19.3 Å². The van der Waals surface area contributed by atoms with Crippen LogP contribution < -0.4 is 0 Å². The van der Waals surface area contributed by atoms with Crippen LogP contribution in [0.1, 0.15) is 13.8 Å². The largest absolute Gasteiger partial charge is 0.359 e. The van der Waals surface area contributed by atoms with Gasteiger partial charge in [0.05, 0.1) is 0 Å². The maximum absolute atomic E-state index is 9.63. The minimum atomic E-state index is -2.67. The average Bonchev–Trinajstić information content (AvgIpc) is 2.60. The van der Waals surface area contributed by atoms with Crippen molar-refractivity contribution in [3.63, 3.8) is 0 Å². The normalized spacial score (nSPS) is 8.42. The molecule has 0 aliphatic rings. The highest BCUT2D eigenvalue weighted by Gasteiger charge is 1.79. The van der Waals surface area contributed by atoms with E-state index in [9.17, 15) is 8.42 Å². The lowest BCUT2D eigenvalue weighted by atomic mass is 10.4. The third-order valence-electron chi connectivity index (χ3n) is 1.57. The summed E-state index contributed by atoms with van der Waals surface area (Å²) in [5.74, 6) is 0. The fourth-order valence-corrected chi connectivity index (χ4v) is 0.888. The molecule has 0 saturated heterocycles. The number of methoxy groups -OCH3 is 2. The molecule has 0 unspecified atom stereocenters. The first kappa shape index (κ1) is 27.2. The van der Waals surface area contributed by atoms with Gasteiger partial charge in [0.25, 0.3) is 0 Å². The molecule has 0 aromatic heterocycles. The Morgan fingerprint density at radius 3 is 0.750 bits per heavy atom. The SMILES string of the molecule is CC.COCOC.CS(C)(=O)=O.c1ccccc1.c1ccccc1. The van der Waals surface area contributed by atoms with E-state index in [1.54, 1.807) is 14.2 Å². The number of benzene rings is 2. The van der Waals surface area contributed by atoms with Crippen molar-refractivity contribution in [3.05, 3.63) is 72.8 Å². The van der Waals surface area contributed by atoms with Crippen molar-refractivity contribution in [2.75, 3.05) is 33.5 Å². The predicted molar refractivity (Wildman–Crippen MR) is 104 cm³/mol. The monoisotopic (exact) mass is 356 g/mol. The molecule has 0 amide bonds. The Morgan fingerprint density at radius 2 is 0.708 bits per heavy atom. The van der Waals surface area contributed by atoms with Crippen LogP contribution in [0.25, 0.3) is 0 Å². The Kier molecular flexibility index (Phi) is 26.7. The lowest BCUT2D eigenvalue weighted by Gasteiger charge is -1.87. The van der Waals surface area contributed by atoms with Crippen molar-refractivity contribution in [2.45, 2.75) is 13.8 Å². The van der Waals surface area contributed by atoms with Gasteiger partial charge in [0, 0.05) is 26.7 Å². The molecule has 4 nitrogen and oxygen atoms in total. The Bertz CT molecular complexity index is 404. The summed E-state index contributed by atoms with van der Waals surface area (Å²) in [5, 5.41) is 0. The quantitative estimate of drug-likeness (QED) is 0.753. The van der Waals surface area contributed by atoms with E-state index >= 15 is 0 Å². The first-order chi connectivity index (χ1) is 11.4. The van der Waals surface area contributed by atoms with Gasteiger partial charge in [0.2, 0.25) is 0 Å². The summed E-state index contributed by atoms with van der Waals surface area (Å²) in [4.78, 5) is 0. The Balaban J connectivity index is -0.000000238. The van der Waals surface area contributed by atoms with E-state index in [0.29, 0.717) is 6.79 Å². The van der Waals surface area contributed by atoms with E-state index in [1.807, 2.05) is 86.6 Å². The van der Waals surface area contributed by atoms with Gasteiger partial charge in [-0.25, -0.2) is 8.42 Å². The molecule has 0 aliphatic carbocycles. The van der Waals surface area contributed by atoms with Crippen LogP contribution in [0.4, 0.5) is 0 Å². The molecule has 5 heteroatoms. The van der Waals surface area contributed by atoms with Gasteiger partial charge < -0.3 is 9.47 Å². The molecule has 0 saturated carbocycles. The average molecular weight is 357 g/mol. The first-order valence-electron chi connectivity index (χ1n) is 7.54. The molecule has 0 bridgehead atoms. The zero-order chi connectivity index (χ0) is 19.1. The third kappa shape index (κ3) is 50.0. The van der Waals surface area contributed by atoms with Crippen LogP contribution in [-0.4, -0.2) is 41.9 Å². The zero-order valence-corrected chi connectivity index (χ0v) is 16.5. The Hall–Kier alpha value is -1.69. The Labute approximate surface area is 148 Å². The molecule has 0 fully saturated rings. The summed E-state index contributed by atoms with van der Waals surface area (Å²) in [5.41, 5.74) is 0. The minimum Gasteiger partial charge on any atom is -0.359 e. The second-order valence-corrected chi connectivity index (χ2v) is 6.43. The Morgan fingerprint density at radius 1 is 0.583 bits per heavy atom. The molecule has 0 spiro atoms. The van der Waals surface area contributed by atoms with Gasteiger partial charge in [0.15, 0.2) is 0 Å². The topological polar surface area (TPSA) is 52.6 Å². The van der Waals surface area contributed by atoms with Crippen LogP contribution in [0.5, 0.6) is 0 Å². The maximum Gasteiger partial charge on any atom is 0.145 e. The molecule has 0 N–H and O–H groups in total. The highest BCUT2D eigenvalue weighted by atomic mass is 32.2. The van der Waals surface area contributed by atoms with Crippen molar-refractivity contribution in [1.82, 2.24) is 0 Å². The second-order valence-electron chi connectivity index (χ2n) is 4.15. The first-order valence-corrected chi connectivity index (χ1v) is 9.84. The molecule has 138 valence electrons. The van der Waals surface area contributed by atoms with Crippen LogP contribution >= 0.6 is 0 Å². The second kappa shape index (κ2) is 23.6. The van der Waals surface area contributed by atoms with E-state index in [2.05, 4.69) is 9.47 Å². The standard InChI is InChI=1S/2C6H6.C3H8O2.C2H6O2S.C2H6/c2*1-2-4-6-5-3-1;1-4-3-5-2;1-5(2,3)4;1-2/h2*1-6H;3H2,1-2H3;1-2H3;1-2H3. The number of rotatable bonds is 2. The molecular weight excluding hydrogens is 324 g/mol. The molecule has 2 aromatic rings. The van der Waals surface area contributed by atoms with Gasteiger partial charge in [-0.1, -0.05) is 86.6 Å². The highest BCUT2D eigenvalue weighted by Crippen LogP contribution is 1.80. The lowest BCUT2D eigenvalue weighted by molar-refractivity contribution is -0.00272. The summed E-state index contributed by atoms with van der Waals surface area (Å²) in [6.45, 7) is 4.39. The van der Waals surface area contributed by atoms with E-state index in [4.69, 9.17) is 0 Å². The minimum absolute atomic E-state index is 0.389. The van der Waals surface area contributed by atoms with Crippen LogP contribution in [0.3, 0.4) is 0 Å². The van der Waals surface area contributed by atoms with Crippen molar-refractivity contribution < 1.29 is 17.9 Å². The molecule has 0 aliphatic heterocycles. The highest BCUT2D eigenvalue weighted by molar-refractivity contribution is 7.89. The van der Waals surface area contributed by atoms with E-state index in [1.165, 1.54) is 0 Å². The summed E-state index contributed by atoms with van der Waals surface area (Å²) >= 11 is 0. The summed E-state index contributed by atoms with van der Waals surface area (Å²) < 4.78 is 28.2. The van der Waals surface area contributed by atoms with Crippen LogP contribution in [0, 0.1) is 0 Å². The molecule has 24 heavy (non-hydrogen) atoms. The van der Waals surface area contributed by atoms with Crippen LogP contribution in [0.2, 0.25) is 0 Å². The van der Waals surface area contributed by atoms with Crippen molar-refractivity contribution in [3.8, 4) is 0 Å². The van der Waals surface area contributed by atoms with Gasteiger partial charge in [0.1, 0.15) is 16.6 Å². The number of hydrogen-bond donors (Lipinski definition) is 0. The van der Waals surface area contributed by atoms with Crippen LogP contribution in [0.15, 0.2) is 72.8 Å². The fraction of sp³-hybridized carbons (Fsp3) is 0.368. The van der Waals surface area contributed by atoms with E-state index in [0.717, 1.165) is 12.5 Å². The molecule has 0 atom stereocenters. The van der Waals surface area contributed by atoms with E-state index < -0.39 is 9.84 Å². The van der Waals surface area contributed by atoms with Gasteiger partial charge in [-0.3, -0.25) is 0 Å². The summed E-state index contributed by atoms with van der Waals surface area (Å²) in [7, 11) is 0.507. The van der Waals surface area contributed by atoms with Gasteiger partial charge >= 0.3 is 0 Å². The van der Waals surface area contributed by atoms with Gasteiger partial charge in [-0.05, 0) is 0 Å². The fourth-order valence-electron chi connectivity index (χ4n) is 0.888. The van der Waals surface area contributed by atoms with Gasteiger partial charge in [-0.15, -0.1) is 0 Å². The van der Waals surface area contributed by atoms with Crippen molar-refractivity contribution in [2.24, 2.45) is 0 Å².